The van der Waals surface area contributed by atoms with E-state index in [1.54, 1.807) is 0 Å². The van der Waals surface area contributed by atoms with Crippen molar-refractivity contribution in [2.24, 2.45) is 5.41 Å². The van der Waals surface area contributed by atoms with Crippen molar-refractivity contribution in [1.29, 1.82) is 0 Å². The number of nitrogens with zero attached hydrogens (tertiary/aromatic N) is 1. The third kappa shape index (κ3) is 3.11. The van der Waals surface area contributed by atoms with E-state index in [0.29, 0.717) is 6.61 Å². The van der Waals surface area contributed by atoms with Gasteiger partial charge in [0.1, 0.15) is 0 Å². The zero-order valence-corrected chi connectivity index (χ0v) is 8.93. The highest BCUT2D eigenvalue weighted by Crippen LogP contribution is 2.40. The van der Waals surface area contributed by atoms with E-state index in [-0.39, 0.29) is 5.41 Å². The summed E-state index contributed by atoms with van der Waals surface area (Å²) < 4.78 is 0. The molecule has 2 heteroatoms. The Morgan fingerprint density at radius 1 is 1.25 bits per heavy atom. The van der Waals surface area contributed by atoms with Crippen molar-refractivity contribution in [3.63, 3.8) is 0 Å². The highest BCUT2D eigenvalue weighted by Gasteiger charge is 2.36. The van der Waals surface area contributed by atoms with E-state index >= 15 is 0 Å². The third-order valence-corrected chi connectivity index (χ3v) is 2.40. The van der Waals surface area contributed by atoms with Crippen LogP contribution in [-0.2, 0) is 0 Å². The Morgan fingerprint density at radius 3 is 1.83 bits per heavy atom. The van der Waals surface area contributed by atoms with Crippen molar-refractivity contribution in [2.45, 2.75) is 33.1 Å². The quantitative estimate of drug-likeness (QED) is 0.702. The van der Waals surface area contributed by atoms with Gasteiger partial charge in [-0.2, -0.15) is 0 Å². The van der Waals surface area contributed by atoms with E-state index in [1.165, 1.54) is 19.3 Å². The minimum Gasteiger partial charge on any atom is -0.396 e. The molecule has 0 aromatic carbocycles. The van der Waals surface area contributed by atoms with E-state index in [4.69, 9.17) is 5.11 Å². The van der Waals surface area contributed by atoms with Crippen LogP contribution in [0.5, 0.6) is 0 Å². The molecule has 0 aromatic heterocycles. The SMILES string of the molecule is CC.CN(C)CC1(CO)CCC1. The normalized spacial score (nSPS) is 19.5. The van der Waals surface area contributed by atoms with E-state index in [0.717, 1.165) is 6.54 Å². The van der Waals surface area contributed by atoms with Crippen molar-refractivity contribution >= 4 is 0 Å². The van der Waals surface area contributed by atoms with Gasteiger partial charge in [0.15, 0.2) is 0 Å². The number of hydrogen-bond acceptors (Lipinski definition) is 2. The molecule has 1 saturated carbocycles. The van der Waals surface area contributed by atoms with Gasteiger partial charge in [-0.1, -0.05) is 20.3 Å². The predicted octanol–water partition coefficient (Wildman–Crippen LogP) is 1.74. The van der Waals surface area contributed by atoms with Gasteiger partial charge in [-0.15, -0.1) is 0 Å². The Labute approximate surface area is 76.6 Å². The maximum absolute atomic E-state index is 9.06. The van der Waals surface area contributed by atoms with Gasteiger partial charge in [-0.3, -0.25) is 0 Å². The lowest BCUT2D eigenvalue weighted by Crippen LogP contribution is -2.42. The Morgan fingerprint density at radius 2 is 1.75 bits per heavy atom. The van der Waals surface area contributed by atoms with Gasteiger partial charge in [0.25, 0.3) is 0 Å². The maximum atomic E-state index is 9.06. The van der Waals surface area contributed by atoms with Crippen molar-refractivity contribution < 1.29 is 5.11 Å². The van der Waals surface area contributed by atoms with Gasteiger partial charge in [-0.25, -0.2) is 0 Å². The van der Waals surface area contributed by atoms with E-state index in [2.05, 4.69) is 19.0 Å². The van der Waals surface area contributed by atoms with Crippen molar-refractivity contribution in [3.05, 3.63) is 0 Å². The third-order valence-electron chi connectivity index (χ3n) is 2.40. The zero-order valence-electron chi connectivity index (χ0n) is 8.93. The van der Waals surface area contributed by atoms with Crippen LogP contribution in [-0.4, -0.2) is 37.3 Å². The standard InChI is InChI=1S/C8H17NO.C2H6/c1-9(2)6-8(7-10)4-3-5-8;1-2/h10H,3-7H2,1-2H3;1-2H3. The molecule has 1 N–H and O–H groups in total. The number of rotatable bonds is 3. The highest BCUT2D eigenvalue weighted by atomic mass is 16.3. The number of aliphatic hydroxyl groups excluding tert-OH is 1. The molecule has 0 bridgehead atoms. The van der Waals surface area contributed by atoms with E-state index in [9.17, 15) is 0 Å². The Kier molecular flexibility index (Phi) is 5.51. The van der Waals surface area contributed by atoms with Crippen LogP contribution in [0.15, 0.2) is 0 Å². The smallest absolute Gasteiger partial charge is 0.0499 e. The summed E-state index contributed by atoms with van der Waals surface area (Å²) in [4.78, 5) is 2.16. The monoisotopic (exact) mass is 173 g/mol. The summed E-state index contributed by atoms with van der Waals surface area (Å²) in [6, 6.07) is 0. The molecule has 0 saturated heterocycles. The minimum atomic E-state index is 0.267. The molecule has 0 amide bonds. The van der Waals surface area contributed by atoms with Crippen LogP contribution in [0.25, 0.3) is 0 Å². The van der Waals surface area contributed by atoms with Crippen molar-refractivity contribution in [3.8, 4) is 0 Å². The van der Waals surface area contributed by atoms with Crippen LogP contribution < -0.4 is 0 Å². The van der Waals surface area contributed by atoms with Crippen LogP contribution in [0.4, 0.5) is 0 Å². The lowest BCUT2D eigenvalue weighted by molar-refractivity contribution is 0.0205. The summed E-state index contributed by atoms with van der Waals surface area (Å²) >= 11 is 0. The summed E-state index contributed by atoms with van der Waals surface area (Å²) in [6.45, 7) is 5.41. The van der Waals surface area contributed by atoms with Gasteiger partial charge in [0, 0.05) is 18.6 Å². The molecule has 0 atom stereocenters. The molecule has 0 aromatic rings. The van der Waals surface area contributed by atoms with E-state index < -0.39 is 0 Å². The Balaban J connectivity index is 0.000000561. The number of aliphatic hydroxyl groups is 1. The molecule has 0 unspecified atom stereocenters. The molecule has 1 fully saturated rings. The van der Waals surface area contributed by atoms with Gasteiger partial charge >= 0.3 is 0 Å². The maximum Gasteiger partial charge on any atom is 0.0499 e. The molecule has 0 aliphatic heterocycles. The first-order chi connectivity index (χ1) is 5.68. The average molecular weight is 173 g/mol. The molecule has 2 nitrogen and oxygen atoms in total. The average Bonchev–Trinajstić information content (AvgIpc) is 2.01. The van der Waals surface area contributed by atoms with Crippen LogP contribution in [0.3, 0.4) is 0 Å². The fourth-order valence-electron chi connectivity index (χ4n) is 1.71. The highest BCUT2D eigenvalue weighted by molar-refractivity contribution is 4.88. The molecular weight excluding hydrogens is 150 g/mol. The van der Waals surface area contributed by atoms with Crippen LogP contribution in [0, 0.1) is 5.41 Å². The fraction of sp³-hybridized carbons (Fsp3) is 1.00. The van der Waals surface area contributed by atoms with Crippen LogP contribution in [0.2, 0.25) is 0 Å². The molecule has 74 valence electrons. The molecule has 1 aliphatic carbocycles. The molecule has 0 radical (unpaired) electrons. The van der Waals surface area contributed by atoms with Gasteiger partial charge < -0.3 is 10.0 Å². The second-order valence-corrected chi connectivity index (χ2v) is 3.75. The van der Waals surface area contributed by atoms with Crippen LogP contribution in [0.1, 0.15) is 33.1 Å². The molecule has 1 aliphatic rings. The fourth-order valence-corrected chi connectivity index (χ4v) is 1.71. The molecule has 12 heavy (non-hydrogen) atoms. The first kappa shape index (κ1) is 11.9. The lowest BCUT2D eigenvalue weighted by atomic mass is 9.69. The molecule has 0 heterocycles. The molecular formula is C10H23NO. The second-order valence-electron chi connectivity index (χ2n) is 3.75. The van der Waals surface area contributed by atoms with Gasteiger partial charge in [0.05, 0.1) is 0 Å². The summed E-state index contributed by atoms with van der Waals surface area (Å²) in [5, 5.41) is 9.06. The van der Waals surface area contributed by atoms with E-state index in [1.807, 2.05) is 13.8 Å². The first-order valence-electron chi connectivity index (χ1n) is 4.94. The summed E-state index contributed by atoms with van der Waals surface area (Å²) in [5.74, 6) is 0. The minimum absolute atomic E-state index is 0.267. The lowest BCUT2D eigenvalue weighted by Gasteiger charge is -2.42. The number of hydrogen-bond donors (Lipinski definition) is 1. The summed E-state index contributed by atoms with van der Waals surface area (Å²) in [6.07, 6.45) is 3.72. The zero-order chi connectivity index (χ0) is 9.61. The van der Waals surface area contributed by atoms with Crippen molar-refractivity contribution in [1.82, 2.24) is 4.90 Å². The van der Waals surface area contributed by atoms with Crippen LogP contribution >= 0.6 is 0 Å². The largest absolute Gasteiger partial charge is 0.396 e. The van der Waals surface area contributed by atoms with Gasteiger partial charge in [0.2, 0.25) is 0 Å². The second kappa shape index (κ2) is 5.55. The van der Waals surface area contributed by atoms with Gasteiger partial charge in [-0.05, 0) is 26.9 Å². The first-order valence-corrected chi connectivity index (χ1v) is 4.94. The Hall–Kier alpha value is -0.0800. The predicted molar refractivity (Wildman–Crippen MR) is 53.3 cm³/mol. The molecule has 0 spiro atoms. The Bertz CT molecular complexity index is 103. The topological polar surface area (TPSA) is 23.5 Å². The summed E-state index contributed by atoms with van der Waals surface area (Å²) in [7, 11) is 4.13. The van der Waals surface area contributed by atoms with Crippen molar-refractivity contribution in [2.75, 3.05) is 27.2 Å². The summed E-state index contributed by atoms with van der Waals surface area (Å²) in [5.41, 5.74) is 0.267. The molecule has 1 rings (SSSR count).